The van der Waals surface area contributed by atoms with Gasteiger partial charge in [0.05, 0.1) is 21.4 Å². The standard InChI is InChI=1S/C24H28Cl2N2/c25-19-5-1-3-7-21(19)27-15-23-10-17-9-18(11-23)13-24(12-17,14-23)16-28-22-8-4-2-6-20(22)26/h1-8,17-18,27-28H,9-16H2. The SMILES string of the molecule is Clc1ccccc1NCC12CC3CC(C1)CC(CNc1ccccc1Cl)(C3)C2. The van der Waals surface area contributed by atoms with Crippen LogP contribution in [0.4, 0.5) is 11.4 Å². The van der Waals surface area contributed by atoms with E-state index in [1.54, 1.807) is 0 Å². The van der Waals surface area contributed by atoms with Gasteiger partial charge >= 0.3 is 0 Å². The predicted molar refractivity (Wildman–Crippen MR) is 119 cm³/mol. The maximum absolute atomic E-state index is 6.39. The van der Waals surface area contributed by atoms with Gasteiger partial charge in [-0.1, -0.05) is 47.5 Å². The number of benzene rings is 2. The summed E-state index contributed by atoms with van der Waals surface area (Å²) >= 11 is 12.8. The minimum Gasteiger partial charge on any atom is -0.383 e. The quantitative estimate of drug-likeness (QED) is 0.526. The number of para-hydroxylation sites is 2. The Labute approximate surface area is 178 Å². The van der Waals surface area contributed by atoms with Crippen molar-refractivity contribution in [2.24, 2.45) is 22.7 Å². The maximum Gasteiger partial charge on any atom is 0.0637 e. The molecule has 0 saturated heterocycles. The summed E-state index contributed by atoms with van der Waals surface area (Å²) in [5, 5.41) is 9.04. The highest BCUT2D eigenvalue weighted by atomic mass is 35.5. The lowest BCUT2D eigenvalue weighted by Crippen LogP contribution is -2.56. The third-order valence-electron chi connectivity index (χ3n) is 7.36. The summed E-state index contributed by atoms with van der Waals surface area (Å²) in [5.41, 5.74) is 2.96. The van der Waals surface area contributed by atoms with Crippen molar-refractivity contribution in [3.05, 3.63) is 58.6 Å². The van der Waals surface area contributed by atoms with Crippen LogP contribution in [0.3, 0.4) is 0 Å². The Morgan fingerprint density at radius 1 is 0.714 bits per heavy atom. The Morgan fingerprint density at radius 2 is 1.14 bits per heavy atom. The number of nitrogens with one attached hydrogen (secondary N) is 2. The number of rotatable bonds is 6. The van der Waals surface area contributed by atoms with Gasteiger partial charge in [0.1, 0.15) is 0 Å². The molecular weight excluding hydrogens is 387 g/mol. The van der Waals surface area contributed by atoms with Crippen LogP contribution < -0.4 is 10.6 Å². The largest absolute Gasteiger partial charge is 0.383 e. The molecule has 6 rings (SSSR count). The van der Waals surface area contributed by atoms with E-state index in [-0.39, 0.29) is 0 Å². The molecule has 148 valence electrons. The highest BCUT2D eigenvalue weighted by Crippen LogP contribution is 2.65. The lowest BCUT2D eigenvalue weighted by molar-refractivity contribution is -0.0970. The van der Waals surface area contributed by atoms with Crippen LogP contribution in [0.15, 0.2) is 48.5 Å². The van der Waals surface area contributed by atoms with Gasteiger partial charge in [-0.3, -0.25) is 0 Å². The van der Waals surface area contributed by atoms with Gasteiger partial charge in [0.25, 0.3) is 0 Å². The Balaban J connectivity index is 1.32. The van der Waals surface area contributed by atoms with Gasteiger partial charge in [-0.25, -0.2) is 0 Å². The molecule has 4 aliphatic rings. The van der Waals surface area contributed by atoms with E-state index in [9.17, 15) is 0 Å². The van der Waals surface area contributed by atoms with E-state index >= 15 is 0 Å². The minimum atomic E-state index is 0.408. The maximum atomic E-state index is 6.39. The molecule has 0 atom stereocenters. The first-order valence-corrected chi connectivity index (χ1v) is 11.3. The molecule has 2 nitrogen and oxygen atoms in total. The topological polar surface area (TPSA) is 24.1 Å². The predicted octanol–water partition coefficient (Wildman–Crippen LogP) is 7.10. The fraction of sp³-hybridized carbons (Fsp3) is 0.500. The second-order valence-electron chi connectivity index (χ2n) is 9.63. The third kappa shape index (κ3) is 3.50. The Hall–Kier alpha value is -1.38. The van der Waals surface area contributed by atoms with Crippen molar-refractivity contribution in [3.63, 3.8) is 0 Å². The summed E-state index contributed by atoms with van der Waals surface area (Å²) in [7, 11) is 0. The molecule has 4 heteroatoms. The van der Waals surface area contributed by atoms with Crippen LogP contribution in [0.25, 0.3) is 0 Å². The molecule has 4 bridgehead atoms. The monoisotopic (exact) mass is 414 g/mol. The van der Waals surface area contributed by atoms with Crippen molar-refractivity contribution in [1.29, 1.82) is 0 Å². The van der Waals surface area contributed by atoms with Crippen LogP contribution in [0.2, 0.25) is 10.0 Å². The average molecular weight is 415 g/mol. The zero-order valence-corrected chi connectivity index (χ0v) is 17.7. The van der Waals surface area contributed by atoms with E-state index in [1.165, 1.54) is 38.5 Å². The van der Waals surface area contributed by atoms with Crippen LogP contribution in [-0.4, -0.2) is 13.1 Å². The molecule has 0 spiro atoms. The van der Waals surface area contributed by atoms with Crippen molar-refractivity contribution in [3.8, 4) is 0 Å². The molecule has 4 aliphatic carbocycles. The smallest absolute Gasteiger partial charge is 0.0637 e. The molecular formula is C24H28Cl2N2. The molecule has 2 N–H and O–H groups in total. The minimum absolute atomic E-state index is 0.408. The highest BCUT2D eigenvalue weighted by Gasteiger charge is 2.57. The van der Waals surface area contributed by atoms with Crippen molar-refractivity contribution in [2.45, 2.75) is 38.5 Å². The Kier molecular flexibility index (Phi) is 4.76. The molecule has 4 fully saturated rings. The summed E-state index contributed by atoms with van der Waals surface area (Å²) in [6, 6.07) is 16.2. The van der Waals surface area contributed by atoms with Gasteiger partial charge in [-0.05, 0) is 85.5 Å². The van der Waals surface area contributed by atoms with E-state index in [0.717, 1.165) is 46.3 Å². The van der Waals surface area contributed by atoms with Crippen molar-refractivity contribution < 1.29 is 0 Å². The molecule has 0 unspecified atom stereocenters. The number of halogens is 2. The van der Waals surface area contributed by atoms with Crippen molar-refractivity contribution in [1.82, 2.24) is 0 Å². The molecule has 0 heterocycles. The van der Waals surface area contributed by atoms with Crippen molar-refractivity contribution in [2.75, 3.05) is 23.7 Å². The van der Waals surface area contributed by atoms with E-state index in [2.05, 4.69) is 34.9 Å². The first-order chi connectivity index (χ1) is 13.5. The number of hydrogen-bond acceptors (Lipinski definition) is 2. The molecule has 0 radical (unpaired) electrons. The van der Waals surface area contributed by atoms with Gasteiger partial charge in [-0.15, -0.1) is 0 Å². The number of hydrogen-bond donors (Lipinski definition) is 2. The summed E-state index contributed by atoms with van der Waals surface area (Å²) < 4.78 is 0. The van der Waals surface area contributed by atoms with Gasteiger partial charge in [0.15, 0.2) is 0 Å². The van der Waals surface area contributed by atoms with Gasteiger partial charge in [0, 0.05) is 13.1 Å². The van der Waals surface area contributed by atoms with Crippen LogP contribution in [-0.2, 0) is 0 Å². The third-order valence-corrected chi connectivity index (χ3v) is 8.02. The van der Waals surface area contributed by atoms with E-state index in [1.807, 2.05) is 24.3 Å². The first kappa shape index (κ1) is 18.6. The van der Waals surface area contributed by atoms with E-state index in [4.69, 9.17) is 23.2 Å². The second kappa shape index (κ2) is 7.15. The van der Waals surface area contributed by atoms with Gasteiger partial charge in [-0.2, -0.15) is 0 Å². The Morgan fingerprint density at radius 3 is 1.57 bits per heavy atom. The number of anilines is 2. The molecule has 28 heavy (non-hydrogen) atoms. The fourth-order valence-corrected chi connectivity index (χ4v) is 7.24. The summed E-state index contributed by atoms with van der Waals surface area (Å²) in [6.45, 7) is 2.08. The zero-order valence-electron chi connectivity index (χ0n) is 16.2. The second-order valence-corrected chi connectivity index (χ2v) is 10.4. The van der Waals surface area contributed by atoms with Crippen LogP contribution in [0.5, 0.6) is 0 Å². The molecule has 0 amide bonds. The van der Waals surface area contributed by atoms with E-state index < -0.39 is 0 Å². The molecule has 0 aromatic heterocycles. The Bertz CT molecular complexity index is 784. The normalized spacial score (nSPS) is 33.1. The van der Waals surface area contributed by atoms with Gasteiger partial charge < -0.3 is 10.6 Å². The first-order valence-electron chi connectivity index (χ1n) is 10.5. The van der Waals surface area contributed by atoms with Crippen LogP contribution in [0.1, 0.15) is 38.5 Å². The molecule has 0 aliphatic heterocycles. The highest BCUT2D eigenvalue weighted by molar-refractivity contribution is 6.33. The van der Waals surface area contributed by atoms with Gasteiger partial charge in [0.2, 0.25) is 0 Å². The van der Waals surface area contributed by atoms with E-state index in [0.29, 0.717) is 10.8 Å². The zero-order chi connectivity index (χ0) is 19.2. The summed E-state index contributed by atoms with van der Waals surface area (Å²) in [4.78, 5) is 0. The fourth-order valence-electron chi connectivity index (χ4n) is 6.84. The lowest BCUT2D eigenvalue weighted by atomic mass is 9.44. The van der Waals surface area contributed by atoms with Crippen molar-refractivity contribution >= 4 is 34.6 Å². The van der Waals surface area contributed by atoms with Crippen LogP contribution in [0, 0.1) is 22.7 Å². The summed E-state index contributed by atoms with van der Waals surface area (Å²) in [5.74, 6) is 1.75. The molecule has 4 saturated carbocycles. The van der Waals surface area contributed by atoms with Crippen LogP contribution >= 0.6 is 23.2 Å². The molecule has 2 aromatic carbocycles. The lowest BCUT2D eigenvalue weighted by Gasteiger charge is -2.62. The summed E-state index contributed by atoms with van der Waals surface area (Å²) in [6.07, 6.45) is 8.22. The molecule has 2 aromatic rings. The average Bonchev–Trinajstić information content (AvgIpc) is 2.66.